The van der Waals surface area contributed by atoms with Crippen LogP contribution in [-0.2, 0) is 11.2 Å². The number of aryl methyl sites for hydroxylation is 1. The van der Waals surface area contributed by atoms with Crippen molar-refractivity contribution in [2.45, 2.75) is 32.8 Å². The molecule has 1 N–H and O–H groups in total. The van der Waals surface area contributed by atoms with Gasteiger partial charge in [0.05, 0.1) is 12.2 Å². The van der Waals surface area contributed by atoms with E-state index in [1.54, 1.807) is 4.90 Å². The second-order valence-corrected chi connectivity index (χ2v) is 4.79. The molecule has 1 aliphatic rings. The Morgan fingerprint density at radius 3 is 2.94 bits per heavy atom. The molecular weight excluding hydrogens is 220 g/mol. The van der Waals surface area contributed by atoms with E-state index in [4.69, 9.17) is 4.74 Å². The molecule has 94 valence electrons. The van der Waals surface area contributed by atoms with Crippen molar-refractivity contribution in [1.29, 1.82) is 0 Å². The van der Waals surface area contributed by atoms with E-state index in [2.05, 4.69) is 15.2 Å². The molecular formula is C11H18N4O2. The van der Waals surface area contributed by atoms with Gasteiger partial charge in [-0.2, -0.15) is 0 Å². The lowest BCUT2D eigenvalue weighted by Crippen LogP contribution is -2.50. The molecule has 2 heterocycles. The molecule has 1 amide bonds. The van der Waals surface area contributed by atoms with Crippen LogP contribution in [0.1, 0.15) is 37.2 Å². The molecule has 0 aliphatic carbocycles. The van der Waals surface area contributed by atoms with Crippen LogP contribution in [-0.4, -0.2) is 51.3 Å². The molecule has 0 spiro atoms. The summed E-state index contributed by atoms with van der Waals surface area (Å²) >= 11 is 0. The Labute approximate surface area is 100 Å². The summed E-state index contributed by atoms with van der Waals surface area (Å²) in [6.45, 7) is 7.64. The van der Waals surface area contributed by atoms with Crippen molar-refractivity contribution >= 4 is 5.91 Å². The molecule has 2 rings (SSSR count). The van der Waals surface area contributed by atoms with Crippen molar-refractivity contribution < 1.29 is 9.53 Å². The summed E-state index contributed by atoms with van der Waals surface area (Å²) in [5, 5.41) is 6.70. The Morgan fingerprint density at radius 2 is 2.35 bits per heavy atom. The number of carbonyl (C=O) groups is 1. The second-order valence-electron chi connectivity index (χ2n) is 4.79. The van der Waals surface area contributed by atoms with E-state index in [1.807, 2.05) is 20.8 Å². The molecule has 1 aromatic heterocycles. The van der Waals surface area contributed by atoms with E-state index in [0.29, 0.717) is 19.7 Å². The van der Waals surface area contributed by atoms with Crippen LogP contribution in [0.3, 0.4) is 0 Å². The maximum atomic E-state index is 12.1. The molecule has 1 saturated heterocycles. The largest absolute Gasteiger partial charge is 0.372 e. The van der Waals surface area contributed by atoms with E-state index in [1.165, 1.54) is 0 Å². The normalized spacial score (nSPS) is 19.4. The fraction of sp³-hybridized carbons (Fsp3) is 0.727. The minimum Gasteiger partial charge on any atom is -0.372 e. The van der Waals surface area contributed by atoms with E-state index in [0.717, 1.165) is 12.2 Å². The Kier molecular flexibility index (Phi) is 3.15. The van der Waals surface area contributed by atoms with Crippen molar-refractivity contribution in [2.24, 2.45) is 0 Å². The molecule has 1 fully saturated rings. The summed E-state index contributed by atoms with van der Waals surface area (Å²) in [7, 11) is 0. The van der Waals surface area contributed by atoms with Crippen LogP contribution in [0, 0.1) is 0 Å². The quantitative estimate of drug-likeness (QED) is 0.819. The number of amides is 1. The van der Waals surface area contributed by atoms with Gasteiger partial charge in [-0.1, -0.05) is 6.92 Å². The number of aromatic nitrogens is 3. The summed E-state index contributed by atoms with van der Waals surface area (Å²) in [5.41, 5.74) is -0.294. The molecule has 0 unspecified atom stereocenters. The maximum Gasteiger partial charge on any atom is 0.293 e. The number of nitrogens with zero attached hydrogens (tertiary/aromatic N) is 3. The van der Waals surface area contributed by atoms with Gasteiger partial charge in [-0.3, -0.25) is 9.89 Å². The van der Waals surface area contributed by atoms with Gasteiger partial charge in [0.2, 0.25) is 5.82 Å². The van der Waals surface area contributed by atoms with Gasteiger partial charge in [-0.25, -0.2) is 4.98 Å². The number of morpholine rings is 1. The summed E-state index contributed by atoms with van der Waals surface area (Å²) < 4.78 is 5.57. The first-order chi connectivity index (χ1) is 8.02. The van der Waals surface area contributed by atoms with Crippen LogP contribution < -0.4 is 0 Å². The number of aromatic amines is 1. The zero-order valence-electron chi connectivity index (χ0n) is 10.5. The van der Waals surface area contributed by atoms with Crippen molar-refractivity contribution in [2.75, 3.05) is 19.7 Å². The minimum absolute atomic E-state index is 0.127. The summed E-state index contributed by atoms with van der Waals surface area (Å²) in [6.07, 6.45) is 0.745. The minimum atomic E-state index is -0.294. The average Bonchev–Trinajstić information content (AvgIpc) is 2.75. The zero-order valence-corrected chi connectivity index (χ0v) is 10.5. The highest BCUT2D eigenvalue weighted by Gasteiger charge is 2.31. The lowest BCUT2D eigenvalue weighted by atomic mass is 10.1. The number of ether oxygens (including phenoxy) is 1. The molecule has 17 heavy (non-hydrogen) atoms. The van der Waals surface area contributed by atoms with Gasteiger partial charge in [0.25, 0.3) is 5.91 Å². The Hall–Kier alpha value is -1.43. The van der Waals surface area contributed by atoms with Gasteiger partial charge in [0.1, 0.15) is 5.82 Å². The number of H-pyrrole nitrogens is 1. The third kappa shape index (κ3) is 2.63. The molecule has 1 aromatic rings. The van der Waals surface area contributed by atoms with Gasteiger partial charge in [0, 0.05) is 19.5 Å². The molecule has 0 atom stereocenters. The van der Waals surface area contributed by atoms with E-state index in [9.17, 15) is 4.79 Å². The molecule has 0 aromatic carbocycles. The van der Waals surface area contributed by atoms with Crippen LogP contribution in [0.4, 0.5) is 0 Å². The number of hydrogen-bond donors (Lipinski definition) is 1. The third-order valence-corrected chi connectivity index (χ3v) is 2.77. The summed E-state index contributed by atoms with van der Waals surface area (Å²) in [5.74, 6) is 0.859. The first-order valence-corrected chi connectivity index (χ1v) is 5.86. The van der Waals surface area contributed by atoms with Gasteiger partial charge in [-0.15, -0.1) is 5.10 Å². The molecule has 6 heteroatoms. The van der Waals surface area contributed by atoms with Crippen LogP contribution in [0.5, 0.6) is 0 Å². The van der Waals surface area contributed by atoms with E-state index < -0.39 is 0 Å². The summed E-state index contributed by atoms with van der Waals surface area (Å²) in [6, 6.07) is 0. The van der Waals surface area contributed by atoms with Crippen molar-refractivity contribution in [3.8, 4) is 0 Å². The van der Waals surface area contributed by atoms with Gasteiger partial charge in [-0.05, 0) is 13.8 Å². The SMILES string of the molecule is CCc1nc(C(=O)N2CCOC(C)(C)C2)n[nH]1. The zero-order chi connectivity index (χ0) is 12.5. The number of hydrogen-bond acceptors (Lipinski definition) is 4. The molecule has 0 bridgehead atoms. The van der Waals surface area contributed by atoms with Crippen LogP contribution in [0.2, 0.25) is 0 Å². The fourth-order valence-corrected chi connectivity index (χ4v) is 1.88. The average molecular weight is 238 g/mol. The molecule has 0 radical (unpaired) electrons. The van der Waals surface area contributed by atoms with Gasteiger partial charge >= 0.3 is 0 Å². The highest BCUT2D eigenvalue weighted by molar-refractivity contribution is 5.90. The number of rotatable bonds is 2. The maximum absolute atomic E-state index is 12.1. The summed E-state index contributed by atoms with van der Waals surface area (Å²) in [4.78, 5) is 18.0. The van der Waals surface area contributed by atoms with Crippen LogP contribution >= 0.6 is 0 Å². The van der Waals surface area contributed by atoms with E-state index >= 15 is 0 Å². The monoisotopic (exact) mass is 238 g/mol. The third-order valence-electron chi connectivity index (χ3n) is 2.77. The first-order valence-electron chi connectivity index (χ1n) is 5.86. The van der Waals surface area contributed by atoms with Crippen molar-refractivity contribution in [3.05, 3.63) is 11.6 Å². The second kappa shape index (κ2) is 4.44. The van der Waals surface area contributed by atoms with E-state index in [-0.39, 0.29) is 17.3 Å². The Morgan fingerprint density at radius 1 is 1.59 bits per heavy atom. The predicted molar refractivity (Wildman–Crippen MR) is 61.7 cm³/mol. The topological polar surface area (TPSA) is 71.1 Å². The van der Waals surface area contributed by atoms with Crippen molar-refractivity contribution in [3.63, 3.8) is 0 Å². The van der Waals surface area contributed by atoms with Gasteiger partial charge < -0.3 is 9.64 Å². The lowest BCUT2D eigenvalue weighted by molar-refractivity contribution is -0.0766. The highest BCUT2D eigenvalue weighted by atomic mass is 16.5. The number of nitrogens with one attached hydrogen (secondary N) is 1. The lowest BCUT2D eigenvalue weighted by Gasteiger charge is -2.37. The van der Waals surface area contributed by atoms with Gasteiger partial charge in [0.15, 0.2) is 0 Å². The smallest absolute Gasteiger partial charge is 0.293 e. The number of carbonyl (C=O) groups excluding carboxylic acids is 1. The first kappa shape index (κ1) is 12.0. The standard InChI is InChI=1S/C11H18N4O2/c1-4-8-12-9(14-13-8)10(16)15-5-6-17-11(2,3)7-15/h4-7H2,1-3H3,(H,12,13,14). The Balaban J connectivity index is 2.09. The molecule has 6 nitrogen and oxygen atoms in total. The Bertz CT molecular complexity index is 413. The van der Waals surface area contributed by atoms with Crippen molar-refractivity contribution in [1.82, 2.24) is 20.1 Å². The van der Waals surface area contributed by atoms with Crippen LogP contribution in [0.25, 0.3) is 0 Å². The highest BCUT2D eigenvalue weighted by Crippen LogP contribution is 2.17. The molecule has 0 saturated carbocycles. The fourth-order valence-electron chi connectivity index (χ4n) is 1.88. The van der Waals surface area contributed by atoms with Crippen LogP contribution in [0.15, 0.2) is 0 Å². The molecule has 1 aliphatic heterocycles. The predicted octanol–water partition coefficient (Wildman–Crippen LogP) is 0.618.